The van der Waals surface area contributed by atoms with E-state index in [0.29, 0.717) is 0 Å². The van der Waals surface area contributed by atoms with Gasteiger partial charge < -0.3 is 10.6 Å². The van der Waals surface area contributed by atoms with Crippen LogP contribution in [0.5, 0.6) is 0 Å². The predicted octanol–water partition coefficient (Wildman–Crippen LogP) is 1.50. The largest absolute Gasteiger partial charge is 0.392 e. The van der Waals surface area contributed by atoms with Gasteiger partial charge in [0.1, 0.15) is 0 Å². The van der Waals surface area contributed by atoms with Crippen LogP contribution in [0.1, 0.15) is 27.2 Å². The van der Waals surface area contributed by atoms with E-state index in [0.717, 1.165) is 6.42 Å². The van der Waals surface area contributed by atoms with Gasteiger partial charge in [-0.05, 0) is 33.4 Å². The van der Waals surface area contributed by atoms with E-state index in [1.165, 1.54) is 5.70 Å². The van der Waals surface area contributed by atoms with Crippen molar-refractivity contribution in [3.63, 3.8) is 0 Å². The normalized spacial score (nSPS) is 13.4. The lowest BCUT2D eigenvalue weighted by molar-refractivity contribution is 0.520. The van der Waals surface area contributed by atoms with Crippen LogP contribution in [0.25, 0.3) is 0 Å². The lowest BCUT2D eigenvalue weighted by Crippen LogP contribution is -2.34. The first kappa shape index (κ1) is 10.5. The summed E-state index contributed by atoms with van der Waals surface area (Å²) in [6.45, 7) is 6.45. The SMILES string of the molecule is CCC(=CC(C)(C)NC)NC. The zero-order valence-electron chi connectivity index (χ0n) is 8.28. The summed E-state index contributed by atoms with van der Waals surface area (Å²) in [6.07, 6.45) is 3.27. The Hall–Kier alpha value is -0.500. The summed E-state index contributed by atoms with van der Waals surface area (Å²) in [6, 6.07) is 0. The Morgan fingerprint density at radius 3 is 2.18 bits per heavy atom. The number of hydrogen-bond acceptors (Lipinski definition) is 2. The van der Waals surface area contributed by atoms with Gasteiger partial charge in [-0.1, -0.05) is 6.92 Å². The molecule has 11 heavy (non-hydrogen) atoms. The first-order valence-corrected chi connectivity index (χ1v) is 4.14. The zero-order chi connectivity index (χ0) is 8.91. The summed E-state index contributed by atoms with van der Waals surface area (Å²) < 4.78 is 0. The minimum absolute atomic E-state index is 0.0916. The second kappa shape index (κ2) is 4.39. The van der Waals surface area contributed by atoms with Crippen LogP contribution < -0.4 is 10.6 Å². The average molecular weight is 156 g/mol. The Balaban J connectivity index is 4.24. The first-order valence-electron chi connectivity index (χ1n) is 4.14. The molecule has 0 aromatic heterocycles. The van der Waals surface area contributed by atoms with E-state index in [4.69, 9.17) is 0 Å². The quantitative estimate of drug-likeness (QED) is 0.644. The van der Waals surface area contributed by atoms with Crippen molar-refractivity contribution in [3.8, 4) is 0 Å². The lowest BCUT2D eigenvalue weighted by Gasteiger charge is -2.21. The molecule has 0 aliphatic carbocycles. The van der Waals surface area contributed by atoms with Gasteiger partial charge in [0.05, 0.1) is 0 Å². The maximum absolute atomic E-state index is 3.22. The van der Waals surface area contributed by atoms with Gasteiger partial charge in [-0.3, -0.25) is 0 Å². The van der Waals surface area contributed by atoms with Crippen molar-refractivity contribution in [2.75, 3.05) is 14.1 Å². The standard InChI is InChI=1S/C9H20N2/c1-6-8(10-4)7-9(2,3)11-5/h7,10-11H,6H2,1-5H3. The molecule has 0 radical (unpaired) electrons. The number of rotatable bonds is 4. The van der Waals surface area contributed by atoms with Gasteiger partial charge in [-0.25, -0.2) is 0 Å². The van der Waals surface area contributed by atoms with E-state index in [1.807, 2.05) is 14.1 Å². The molecule has 0 unspecified atom stereocenters. The van der Waals surface area contributed by atoms with Gasteiger partial charge >= 0.3 is 0 Å². The molecule has 2 nitrogen and oxygen atoms in total. The molecular weight excluding hydrogens is 136 g/mol. The van der Waals surface area contributed by atoms with Crippen molar-refractivity contribution in [3.05, 3.63) is 11.8 Å². The molecule has 2 heteroatoms. The number of likely N-dealkylation sites (N-methyl/N-ethyl adjacent to an activating group) is 1. The monoisotopic (exact) mass is 156 g/mol. The highest BCUT2D eigenvalue weighted by atomic mass is 14.9. The summed E-state index contributed by atoms with van der Waals surface area (Å²) in [5, 5.41) is 6.39. The molecule has 0 atom stereocenters. The van der Waals surface area contributed by atoms with Gasteiger partial charge in [0.15, 0.2) is 0 Å². The van der Waals surface area contributed by atoms with Crippen molar-refractivity contribution in [1.29, 1.82) is 0 Å². The smallest absolute Gasteiger partial charge is 0.0324 e. The molecule has 2 N–H and O–H groups in total. The molecule has 0 aromatic carbocycles. The Kier molecular flexibility index (Phi) is 4.19. The van der Waals surface area contributed by atoms with Crippen LogP contribution in [-0.4, -0.2) is 19.6 Å². The van der Waals surface area contributed by atoms with Crippen LogP contribution in [0, 0.1) is 0 Å². The minimum Gasteiger partial charge on any atom is -0.392 e. The first-order chi connectivity index (χ1) is 5.05. The third kappa shape index (κ3) is 4.04. The fourth-order valence-corrected chi connectivity index (χ4v) is 0.859. The molecule has 0 amide bonds. The van der Waals surface area contributed by atoms with Gasteiger partial charge in [0.2, 0.25) is 0 Å². The average Bonchev–Trinajstić information content (AvgIpc) is 2.00. The number of allylic oxidation sites excluding steroid dienone is 1. The summed E-state index contributed by atoms with van der Waals surface area (Å²) in [5.41, 5.74) is 1.37. The van der Waals surface area contributed by atoms with Crippen molar-refractivity contribution in [2.45, 2.75) is 32.7 Å². The van der Waals surface area contributed by atoms with Gasteiger partial charge in [-0.15, -0.1) is 0 Å². The van der Waals surface area contributed by atoms with Crippen molar-refractivity contribution in [1.82, 2.24) is 10.6 Å². The molecule has 0 aliphatic rings. The fraction of sp³-hybridized carbons (Fsp3) is 0.778. The molecule has 0 spiro atoms. The van der Waals surface area contributed by atoms with Crippen LogP contribution in [0.2, 0.25) is 0 Å². The molecule has 0 fully saturated rings. The number of nitrogens with one attached hydrogen (secondary N) is 2. The van der Waals surface area contributed by atoms with Gasteiger partial charge in [-0.2, -0.15) is 0 Å². The van der Waals surface area contributed by atoms with Crippen LogP contribution in [-0.2, 0) is 0 Å². The molecular formula is C9H20N2. The molecule has 0 saturated carbocycles. The molecule has 0 heterocycles. The van der Waals surface area contributed by atoms with Crippen molar-refractivity contribution >= 4 is 0 Å². The zero-order valence-corrected chi connectivity index (χ0v) is 8.28. The Morgan fingerprint density at radius 2 is 1.91 bits per heavy atom. The van der Waals surface area contributed by atoms with Crippen LogP contribution in [0.3, 0.4) is 0 Å². The number of hydrogen-bond donors (Lipinski definition) is 2. The van der Waals surface area contributed by atoms with Crippen LogP contribution >= 0.6 is 0 Å². The van der Waals surface area contributed by atoms with Crippen LogP contribution in [0.4, 0.5) is 0 Å². The fourth-order valence-electron chi connectivity index (χ4n) is 0.859. The maximum atomic E-state index is 3.22. The van der Waals surface area contributed by atoms with E-state index >= 15 is 0 Å². The predicted molar refractivity (Wildman–Crippen MR) is 50.6 cm³/mol. The van der Waals surface area contributed by atoms with E-state index < -0.39 is 0 Å². The maximum Gasteiger partial charge on any atom is 0.0324 e. The molecule has 0 bridgehead atoms. The second-order valence-electron chi connectivity index (χ2n) is 3.24. The highest BCUT2D eigenvalue weighted by Gasteiger charge is 2.10. The summed E-state index contributed by atoms with van der Waals surface area (Å²) in [4.78, 5) is 0. The molecule has 0 aliphatic heterocycles. The third-order valence-electron chi connectivity index (χ3n) is 1.88. The second-order valence-corrected chi connectivity index (χ2v) is 3.24. The summed E-state index contributed by atoms with van der Waals surface area (Å²) in [5.74, 6) is 0. The minimum atomic E-state index is 0.0916. The van der Waals surface area contributed by atoms with E-state index in [2.05, 4.69) is 37.5 Å². The molecule has 66 valence electrons. The van der Waals surface area contributed by atoms with E-state index in [1.54, 1.807) is 0 Å². The topological polar surface area (TPSA) is 24.1 Å². The van der Waals surface area contributed by atoms with Gasteiger partial charge in [0, 0.05) is 18.3 Å². The van der Waals surface area contributed by atoms with Crippen LogP contribution in [0.15, 0.2) is 11.8 Å². The molecule has 0 saturated heterocycles. The molecule has 0 rings (SSSR count). The highest BCUT2D eigenvalue weighted by molar-refractivity contribution is 5.08. The summed E-state index contributed by atoms with van der Waals surface area (Å²) in [7, 11) is 3.93. The van der Waals surface area contributed by atoms with Crippen molar-refractivity contribution in [2.24, 2.45) is 0 Å². The van der Waals surface area contributed by atoms with Gasteiger partial charge in [0.25, 0.3) is 0 Å². The van der Waals surface area contributed by atoms with E-state index in [9.17, 15) is 0 Å². The third-order valence-corrected chi connectivity index (χ3v) is 1.88. The Morgan fingerprint density at radius 1 is 1.36 bits per heavy atom. The lowest BCUT2D eigenvalue weighted by atomic mass is 10.0. The Bertz CT molecular complexity index is 130. The molecule has 0 aromatic rings. The van der Waals surface area contributed by atoms with Crippen molar-refractivity contribution < 1.29 is 0 Å². The Labute approximate surface area is 70.1 Å². The van der Waals surface area contributed by atoms with E-state index in [-0.39, 0.29) is 5.54 Å². The highest BCUT2D eigenvalue weighted by Crippen LogP contribution is 2.07. The summed E-state index contributed by atoms with van der Waals surface area (Å²) >= 11 is 0.